The van der Waals surface area contributed by atoms with E-state index in [2.05, 4.69) is 20.7 Å². The fourth-order valence-corrected chi connectivity index (χ4v) is 3.77. The number of amides is 1. The molecule has 3 aromatic carbocycles. The first-order chi connectivity index (χ1) is 18.1. The number of ether oxygens (including phenoxy) is 3. The number of hydrogen-bond donors (Lipinski definition) is 1. The van der Waals surface area contributed by atoms with E-state index in [4.69, 9.17) is 23.9 Å². The molecule has 10 nitrogen and oxygen atoms in total. The molecule has 188 valence electrons. The number of hydrogen-bond acceptors (Lipinski definition) is 10. The van der Waals surface area contributed by atoms with E-state index in [1.54, 1.807) is 18.2 Å². The topological polar surface area (TPSA) is 132 Å². The lowest BCUT2D eigenvalue weighted by Crippen LogP contribution is -2.19. The minimum Gasteiger partial charge on any atom is -0.490 e. The van der Waals surface area contributed by atoms with E-state index in [0.29, 0.717) is 35.3 Å². The van der Waals surface area contributed by atoms with E-state index >= 15 is 0 Å². The molecule has 0 fully saturated rings. The van der Waals surface area contributed by atoms with Gasteiger partial charge in [-0.1, -0.05) is 42.1 Å². The van der Waals surface area contributed by atoms with Crippen LogP contribution in [-0.4, -0.2) is 41.3 Å². The quantitative estimate of drug-likeness (QED) is 0.165. The molecule has 0 spiro atoms. The van der Waals surface area contributed by atoms with Gasteiger partial charge in [-0.15, -0.1) is 10.2 Å². The zero-order valence-corrected chi connectivity index (χ0v) is 20.7. The minimum absolute atomic E-state index is 0.0373. The summed E-state index contributed by atoms with van der Waals surface area (Å²) < 4.78 is 22.2. The Morgan fingerprint density at radius 1 is 1.08 bits per heavy atom. The molecular formula is C26H23N5O5S. The van der Waals surface area contributed by atoms with Crippen molar-refractivity contribution in [3.63, 3.8) is 0 Å². The first-order valence-electron chi connectivity index (χ1n) is 11.3. The molecule has 0 saturated carbocycles. The van der Waals surface area contributed by atoms with Gasteiger partial charge in [-0.25, -0.2) is 5.43 Å². The van der Waals surface area contributed by atoms with Gasteiger partial charge in [0.2, 0.25) is 0 Å². The summed E-state index contributed by atoms with van der Waals surface area (Å²) in [6.45, 7) is 2.31. The summed E-state index contributed by atoms with van der Waals surface area (Å²) in [5.41, 5.74) is 3.14. The first kappa shape index (κ1) is 25.5. The van der Waals surface area contributed by atoms with E-state index < -0.39 is 0 Å². The van der Waals surface area contributed by atoms with Crippen LogP contribution >= 0.6 is 11.8 Å². The van der Waals surface area contributed by atoms with Crippen molar-refractivity contribution in [2.24, 2.45) is 5.10 Å². The number of benzene rings is 3. The average Bonchev–Trinajstić information content (AvgIpc) is 3.38. The van der Waals surface area contributed by atoms with Gasteiger partial charge >= 0.3 is 0 Å². The summed E-state index contributed by atoms with van der Waals surface area (Å²) in [5.74, 6) is 1.65. The summed E-state index contributed by atoms with van der Waals surface area (Å²) in [4.78, 5) is 12.1. The zero-order valence-electron chi connectivity index (χ0n) is 19.9. The Labute approximate surface area is 217 Å². The maximum absolute atomic E-state index is 12.1. The Bertz CT molecular complexity index is 1430. The van der Waals surface area contributed by atoms with Gasteiger partial charge in [-0.2, -0.15) is 10.4 Å². The Morgan fingerprint density at radius 2 is 1.95 bits per heavy atom. The average molecular weight is 518 g/mol. The summed E-state index contributed by atoms with van der Waals surface area (Å²) in [6.07, 6.45) is 1.48. The first-order valence-corrected chi connectivity index (χ1v) is 12.3. The molecule has 0 bridgehead atoms. The number of thioether (sulfide) groups is 1. The molecule has 0 aliphatic rings. The Hall–Kier alpha value is -4.56. The van der Waals surface area contributed by atoms with E-state index in [0.717, 1.165) is 22.5 Å². The number of nitriles is 1. The van der Waals surface area contributed by atoms with Gasteiger partial charge in [0.1, 0.15) is 11.8 Å². The van der Waals surface area contributed by atoms with Crippen LogP contribution in [0.5, 0.6) is 17.2 Å². The normalized spacial score (nSPS) is 10.8. The van der Waals surface area contributed by atoms with Crippen LogP contribution in [0.25, 0.3) is 10.8 Å². The van der Waals surface area contributed by atoms with Crippen molar-refractivity contribution >= 4 is 34.7 Å². The minimum atomic E-state index is -0.340. The summed E-state index contributed by atoms with van der Waals surface area (Å²) in [6, 6.07) is 20.9. The number of fused-ring (bicyclic) bond motifs is 1. The molecule has 0 unspecified atom stereocenters. The maximum atomic E-state index is 12.1. The van der Waals surface area contributed by atoms with E-state index in [9.17, 15) is 4.79 Å². The largest absolute Gasteiger partial charge is 0.490 e. The third kappa shape index (κ3) is 7.46. The molecule has 1 amide bonds. The standard InChI is InChI=1S/C26H23N5O5S/c1-2-33-23-13-18(7-10-22(23)34-12-11-27)15-28-29-24(32)17-37-26-31-30-25(36-26)16-35-21-9-8-19-5-3-4-6-20(19)14-21/h3-10,13-15H,2,12,16-17H2,1H3,(H,29,32)/b28-15-. The van der Waals surface area contributed by atoms with Crippen molar-refractivity contribution in [2.75, 3.05) is 19.0 Å². The highest BCUT2D eigenvalue weighted by Gasteiger charge is 2.11. The molecule has 1 aromatic heterocycles. The molecule has 11 heteroatoms. The van der Waals surface area contributed by atoms with E-state index in [1.807, 2.05) is 55.5 Å². The number of aromatic nitrogens is 2. The molecule has 0 aliphatic heterocycles. The Kier molecular flexibility index (Phi) is 8.93. The van der Waals surface area contributed by atoms with Gasteiger partial charge in [-0.3, -0.25) is 4.79 Å². The van der Waals surface area contributed by atoms with Crippen LogP contribution in [0.1, 0.15) is 18.4 Å². The molecule has 0 saturated heterocycles. The van der Waals surface area contributed by atoms with Crippen LogP contribution < -0.4 is 19.6 Å². The van der Waals surface area contributed by atoms with Crippen molar-refractivity contribution < 1.29 is 23.4 Å². The van der Waals surface area contributed by atoms with Crippen LogP contribution in [0.2, 0.25) is 0 Å². The number of carbonyl (C=O) groups is 1. The van der Waals surface area contributed by atoms with Crippen molar-refractivity contribution in [2.45, 2.75) is 18.8 Å². The second-order valence-electron chi connectivity index (χ2n) is 7.43. The van der Waals surface area contributed by atoms with Crippen LogP contribution in [0.4, 0.5) is 0 Å². The maximum Gasteiger partial charge on any atom is 0.277 e. The van der Waals surface area contributed by atoms with Gasteiger partial charge < -0.3 is 18.6 Å². The lowest BCUT2D eigenvalue weighted by Gasteiger charge is -2.10. The number of hydrazone groups is 1. The smallest absolute Gasteiger partial charge is 0.277 e. The highest BCUT2D eigenvalue weighted by atomic mass is 32.2. The second kappa shape index (κ2) is 12.9. The molecular weight excluding hydrogens is 494 g/mol. The molecule has 4 rings (SSSR count). The van der Waals surface area contributed by atoms with Crippen LogP contribution in [0.3, 0.4) is 0 Å². The Balaban J connectivity index is 1.23. The number of nitrogens with one attached hydrogen (secondary N) is 1. The monoisotopic (exact) mass is 517 g/mol. The fraction of sp³-hybridized carbons (Fsp3) is 0.192. The van der Waals surface area contributed by atoms with Gasteiger partial charge in [-0.05, 0) is 53.6 Å². The van der Waals surface area contributed by atoms with Gasteiger partial charge in [0.05, 0.1) is 18.6 Å². The summed E-state index contributed by atoms with van der Waals surface area (Å²) in [5, 5.41) is 23.0. The van der Waals surface area contributed by atoms with Gasteiger partial charge in [0, 0.05) is 0 Å². The molecule has 4 aromatic rings. The second-order valence-corrected chi connectivity index (χ2v) is 8.35. The van der Waals surface area contributed by atoms with Crippen molar-refractivity contribution in [3.8, 4) is 23.3 Å². The zero-order chi connectivity index (χ0) is 25.9. The lowest BCUT2D eigenvalue weighted by atomic mass is 10.1. The SMILES string of the molecule is CCOc1cc(/C=N\NC(=O)CSc2nnc(COc3ccc4ccccc4c3)o2)ccc1OCC#N. The van der Waals surface area contributed by atoms with Crippen molar-refractivity contribution in [1.29, 1.82) is 5.26 Å². The molecule has 37 heavy (non-hydrogen) atoms. The third-order valence-corrected chi connectivity index (χ3v) is 5.64. The number of rotatable bonds is 12. The number of carbonyl (C=O) groups excluding carboxylic acids is 1. The predicted octanol–water partition coefficient (Wildman–Crippen LogP) is 4.35. The molecule has 1 N–H and O–H groups in total. The fourth-order valence-electron chi connectivity index (χ4n) is 3.20. The molecule has 0 aliphatic carbocycles. The molecule has 1 heterocycles. The van der Waals surface area contributed by atoms with E-state index in [-0.39, 0.29) is 30.1 Å². The Morgan fingerprint density at radius 3 is 2.78 bits per heavy atom. The van der Waals surface area contributed by atoms with Crippen molar-refractivity contribution in [3.05, 3.63) is 72.1 Å². The third-order valence-electron chi connectivity index (χ3n) is 4.82. The predicted molar refractivity (Wildman–Crippen MR) is 138 cm³/mol. The summed E-state index contributed by atoms with van der Waals surface area (Å²) >= 11 is 1.09. The van der Waals surface area contributed by atoms with Crippen LogP contribution in [0, 0.1) is 11.3 Å². The van der Waals surface area contributed by atoms with Crippen LogP contribution in [-0.2, 0) is 11.4 Å². The van der Waals surface area contributed by atoms with Crippen LogP contribution in [0.15, 0.2) is 75.4 Å². The van der Waals surface area contributed by atoms with Gasteiger partial charge in [0.15, 0.2) is 24.7 Å². The number of nitrogens with zero attached hydrogens (tertiary/aromatic N) is 4. The van der Waals surface area contributed by atoms with Crippen molar-refractivity contribution in [1.82, 2.24) is 15.6 Å². The lowest BCUT2D eigenvalue weighted by molar-refractivity contribution is -0.118. The molecule has 0 atom stereocenters. The van der Waals surface area contributed by atoms with E-state index in [1.165, 1.54) is 6.21 Å². The highest BCUT2D eigenvalue weighted by Crippen LogP contribution is 2.28. The molecule has 0 radical (unpaired) electrons. The van der Waals surface area contributed by atoms with Gasteiger partial charge in [0.25, 0.3) is 17.0 Å². The summed E-state index contributed by atoms with van der Waals surface area (Å²) in [7, 11) is 0. The highest BCUT2D eigenvalue weighted by molar-refractivity contribution is 7.99.